The van der Waals surface area contributed by atoms with E-state index in [9.17, 15) is 9.59 Å². The van der Waals surface area contributed by atoms with Crippen molar-refractivity contribution < 1.29 is 19.1 Å². The number of carbonyl (C=O) groups is 2. The zero-order valence-electron chi connectivity index (χ0n) is 16.1. The van der Waals surface area contributed by atoms with Crippen LogP contribution in [-0.2, 0) is 4.79 Å². The maximum absolute atomic E-state index is 12.2. The van der Waals surface area contributed by atoms with Gasteiger partial charge in [0.1, 0.15) is 0 Å². The van der Waals surface area contributed by atoms with Gasteiger partial charge in [0.15, 0.2) is 11.5 Å². The lowest BCUT2D eigenvalue weighted by Crippen LogP contribution is -2.18. The second-order valence-corrected chi connectivity index (χ2v) is 6.57. The minimum absolute atomic E-state index is 0.0570. The van der Waals surface area contributed by atoms with Crippen molar-refractivity contribution in [1.29, 1.82) is 0 Å². The second-order valence-electron chi connectivity index (χ2n) is 6.16. The highest BCUT2D eigenvalue weighted by atomic mass is 35.5. The Morgan fingerprint density at radius 3 is 2.61 bits per heavy atom. The Balaban J connectivity index is 2.11. The number of benzene rings is 2. The highest BCUT2D eigenvalue weighted by Gasteiger charge is 2.13. The summed E-state index contributed by atoms with van der Waals surface area (Å²) < 4.78 is 11.0. The third-order valence-corrected chi connectivity index (χ3v) is 3.71. The molecule has 0 saturated heterocycles. The van der Waals surface area contributed by atoms with Crippen molar-refractivity contribution in [1.82, 2.24) is 5.43 Å². The number of methoxy groups -OCH3 is 1. The van der Waals surface area contributed by atoms with Crippen LogP contribution in [0.1, 0.15) is 36.7 Å². The SMILES string of the molecule is COc1cc(/C=N\NC(=O)c2cccc(NC(C)=O)c2)cc(Cl)c1OC(C)C. The third kappa shape index (κ3) is 5.99. The molecule has 2 N–H and O–H groups in total. The molecule has 0 atom stereocenters. The molecule has 28 heavy (non-hydrogen) atoms. The molecule has 0 aliphatic carbocycles. The number of hydrogen-bond donors (Lipinski definition) is 2. The van der Waals surface area contributed by atoms with Gasteiger partial charge in [-0.15, -0.1) is 0 Å². The molecule has 2 rings (SSSR count). The Hall–Kier alpha value is -3.06. The molecule has 0 fully saturated rings. The van der Waals surface area contributed by atoms with E-state index in [-0.39, 0.29) is 12.0 Å². The summed E-state index contributed by atoms with van der Waals surface area (Å²) in [6, 6.07) is 9.91. The average Bonchev–Trinajstić information content (AvgIpc) is 2.63. The second kappa shape index (κ2) is 9.75. The minimum Gasteiger partial charge on any atom is -0.493 e. The molecule has 148 valence electrons. The van der Waals surface area contributed by atoms with Gasteiger partial charge in [-0.3, -0.25) is 9.59 Å². The normalized spacial score (nSPS) is 10.8. The molecule has 2 aromatic rings. The van der Waals surface area contributed by atoms with Crippen LogP contribution in [0.5, 0.6) is 11.5 Å². The van der Waals surface area contributed by atoms with E-state index >= 15 is 0 Å². The van der Waals surface area contributed by atoms with Gasteiger partial charge < -0.3 is 14.8 Å². The van der Waals surface area contributed by atoms with Gasteiger partial charge in [-0.2, -0.15) is 5.10 Å². The Bertz CT molecular complexity index is 897. The molecule has 0 aliphatic heterocycles. The average molecular weight is 404 g/mol. The van der Waals surface area contributed by atoms with Crippen molar-refractivity contribution in [2.24, 2.45) is 5.10 Å². The lowest BCUT2D eigenvalue weighted by molar-refractivity contribution is -0.114. The lowest BCUT2D eigenvalue weighted by atomic mass is 10.2. The molecule has 2 aromatic carbocycles. The summed E-state index contributed by atoms with van der Waals surface area (Å²) in [5, 5.41) is 6.95. The first-order chi connectivity index (χ1) is 13.3. The summed E-state index contributed by atoms with van der Waals surface area (Å²) in [4.78, 5) is 23.4. The van der Waals surface area contributed by atoms with Crippen LogP contribution in [0.15, 0.2) is 41.5 Å². The van der Waals surface area contributed by atoms with Gasteiger partial charge in [0.25, 0.3) is 5.91 Å². The Kier molecular flexibility index (Phi) is 7.40. The predicted octanol–water partition coefficient (Wildman–Crippen LogP) is 3.86. The van der Waals surface area contributed by atoms with Crippen LogP contribution in [-0.4, -0.2) is 31.2 Å². The number of rotatable bonds is 7. The largest absolute Gasteiger partial charge is 0.493 e. The molecule has 0 spiro atoms. The van der Waals surface area contributed by atoms with Crippen LogP contribution in [0.3, 0.4) is 0 Å². The standard InChI is InChI=1S/C20H22ClN3O4/c1-12(2)28-19-17(21)8-14(9-18(19)27-4)11-22-24-20(26)15-6-5-7-16(10-15)23-13(3)25/h5-12H,1-4H3,(H,23,25)(H,24,26)/b22-11-. The minimum atomic E-state index is -0.415. The van der Waals surface area contributed by atoms with Gasteiger partial charge in [0, 0.05) is 18.2 Å². The smallest absolute Gasteiger partial charge is 0.271 e. The number of halogens is 1. The van der Waals surface area contributed by atoms with Crippen LogP contribution in [0.25, 0.3) is 0 Å². The number of hydrogen-bond acceptors (Lipinski definition) is 5. The van der Waals surface area contributed by atoms with Crippen LogP contribution in [0, 0.1) is 0 Å². The van der Waals surface area contributed by atoms with E-state index in [0.717, 1.165) is 0 Å². The number of nitrogens with zero attached hydrogens (tertiary/aromatic N) is 1. The molecule has 2 amide bonds. The van der Waals surface area contributed by atoms with Gasteiger partial charge in [-0.25, -0.2) is 5.43 Å². The molecule has 0 bridgehead atoms. The number of ether oxygens (including phenoxy) is 2. The van der Waals surface area contributed by atoms with Crippen molar-refractivity contribution in [2.45, 2.75) is 26.9 Å². The maximum Gasteiger partial charge on any atom is 0.271 e. The van der Waals surface area contributed by atoms with E-state index in [0.29, 0.717) is 33.3 Å². The molecule has 0 aliphatic rings. The Morgan fingerprint density at radius 1 is 1.21 bits per heavy atom. The van der Waals surface area contributed by atoms with E-state index in [1.165, 1.54) is 20.2 Å². The highest BCUT2D eigenvalue weighted by Crippen LogP contribution is 2.36. The number of hydrazone groups is 1. The molecule has 0 aromatic heterocycles. The van der Waals surface area contributed by atoms with Crippen molar-refractivity contribution in [3.63, 3.8) is 0 Å². The van der Waals surface area contributed by atoms with Gasteiger partial charge >= 0.3 is 0 Å². The molecule has 0 radical (unpaired) electrons. The van der Waals surface area contributed by atoms with Crippen LogP contribution in [0.2, 0.25) is 5.02 Å². The van der Waals surface area contributed by atoms with Crippen molar-refractivity contribution in [3.05, 3.63) is 52.5 Å². The van der Waals surface area contributed by atoms with Crippen molar-refractivity contribution >= 4 is 35.3 Å². The first kappa shape index (κ1) is 21.2. The Labute approximate surface area is 168 Å². The van der Waals surface area contributed by atoms with E-state index in [1.807, 2.05) is 13.8 Å². The lowest BCUT2D eigenvalue weighted by Gasteiger charge is -2.15. The fourth-order valence-electron chi connectivity index (χ4n) is 2.34. The van der Waals surface area contributed by atoms with E-state index in [4.69, 9.17) is 21.1 Å². The van der Waals surface area contributed by atoms with E-state index in [2.05, 4.69) is 15.8 Å². The van der Waals surface area contributed by atoms with Gasteiger partial charge in [-0.1, -0.05) is 17.7 Å². The van der Waals surface area contributed by atoms with Gasteiger partial charge in [-0.05, 0) is 49.7 Å². The van der Waals surface area contributed by atoms with Gasteiger partial charge in [0.05, 0.1) is 24.5 Å². The van der Waals surface area contributed by atoms with Crippen LogP contribution in [0.4, 0.5) is 5.69 Å². The number of carbonyl (C=O) groups excluding carboxylic acids is 2. The molecule has 0 unspecified atom stereocenters. The topological polar surface area (TPSA) is 89.0 Å². The number of amides is 2. The fourth-order valence-corrected chi connectivity index (χ4v) is 2.60. The maximum atomic E-state index is 12.2. The third-order valence-electron chi connectivity index (χ3n) is 3.43. The Morgan fingerprint density at radius 2 is 1.96 bits per heavy atom. The summed E-state index contributed by atoms with van der Waals surface area (Å²) >= 11 is 6.27. The summed E-state index contributed by atoms with van der Waals surface area (Å²) in [5.74, 6) is 0.291. The number of nitrogens with one attached hydrogen (secondary N) is 2. The van der Waals surface area contributed by atoms with Crippen molar-refractivity contribution in [2.75, 3.05) is 12.4 Å². The van der Waals surface area contributed by atoms with E-state index < -0.39 is 5.91 Å². The molecular formula is C20H22ClN3O4. The first-order valence-corrected chi connectivity index (χ1v) is 8.93. The zero-order valence-corrected chi connectivity index (χ0v) is 16.8. The molecule has 8 heteroatoms. The molecule has 0 heterocycles. The molecule has 7 nitrogen and oxygen atoms in total. The quantitative estimate of drug-likeness (QED) is 0.542. The first-order valence-electron chi connectivity index (χ1n) is 8.55. The molecule has 0 saturated carbocycles. The summed E-state index contributed by atoms with van der Waals surface area (Å²) in [5.41, 5.74) is 3.95. The van der Waals surface area contributed by atoms with Crippen LogP contribution >= 0.6 is 11.6 Å². The summed E-state index contributed by atoms with van der Waals surface area (Å²) in [6.07, 6.45) is 1.39. The van der Waals surface area contributed by atoms with Gasteiger partial charge in [0.2, 0.25) is 5.91 Å². The fraction of sp³-hybridized carbons (Fsp3) is 0.250. The predicted molar refractivity (Wildman–Crippen MR) is 110 cm³/mol. The molecular weight excluding hydrogens is 382 g/mol. The summed E-state index contributed by atoms with van der Waals surface area (Å²) in [6.45, 7) is 5.18. The zero-order chi connectivity index (χ0) is 20.7. The summed E-state index contributed by atoms with van der Waals surface area (Å²) in [7, 11) is 1.52. The monoisotopic (exact) mass is 403 g/mol. The van der Waals surface area contributed by atoms with Crippen molar-refractivity contribution in [3.8, 4) is 11.5 Å². The number of anilines is 1. The van der Waals surface area contributed by atoms with Crippen LogP contribution < -0.4 is 20.2 Å². The van der Waals surface area contributed by atoms with E-state index in [1.54, 1.807) is 36.4 Å². The highest BCUT2D eigenvalue weighted by molar-refractivity contribution is 6.32.